The third-order valence-electron chi connectivity index (χ3n) is 2.56. The predicted octanol–water partition coefficient (Wildman–Crippen LogP) is 2.31. The van der Waals surface area contributed by atoms with Crippen LogP contribution in [0, 0.1) is 0 Å². The second kappa shape index (κ2) is 5.27. The first-order chi connectivity index (χ1) is 8.20. The summed E-state index contributed by atoms with van der Waals surface area (Å²) in [5.41, 5.74) is 1.10. The van der Waals surface area contributed by atoms with Gasteiger partial charge in [0.15, 0.2) is 11.5 Å². The van der Waals surface area contributed by atoms with Crippen LogP contribution in [0.5, 0.6) is 17.2 Å². The van der Waals surface area contributed by atoms with Crippen LogP contribution in [-0.2, 0) is 6.54 Å². The van der Waals surface area contributed by atoms with Crippen molar-refractivity contribution in [3.8, 4) is 17.2 Å². The second-order valence-electron chi connectivity index (χ2n) is 4.28. The highest BCUT2D eigenvalue weighted by Gasteiger charge is 2.17. The minimum atomic E-state index is 0.294. The maximum absolute atomic E-state index is 5.62. The maximum atomic E-state index is 5.62. The molecule has 0 aliphatic carbocycles. The minimum Gasteiger partial charge on any atom is -0.493 e. The molecule has 0 unspecified atom stereocenters. The molecular weight excluding hydrogens is 218 g/mol. The molecule has 1 aliphatic heterocycles. The van der Waals surface area contributed by atoms with Crippen molar-refractivity contribution < 1.29 is 14.2 Å². The summed E-state index contributed by atoms with van der Waals surface area (Å²) < 4.78 is 16.3. The number of benzene rings is 1. The van der Waals surface area contributed by atoms with Crippen molar-refractivity contribution >= 4 is 0 Å². The molecule has 1 N–H and O–H groups in total. The van der Waals surface area contributed by atoms with Gasteiger partial charge < -0.3 is 19.5 Å². The van der Waals surface area contributed by atoms with Crippen LogP contribution in [0.25, 0.3) is 0 Å². The van der Waals surface area contributed by atoms with E-state index in [1.807, 2.05) is 19.1 Å². The molecule has 0 fully saturated rings. The molecule has 94 valence electrons. The zero-order valence-electron chi connectivity index (χ0n) is 10.6. The lowest BCUT2D eigenvalue weighted by atomic mass is 10.1. The molecular formula is C13H19NO3. The Labute approximate surface area is 102 Å². The van der Waals surface area contributed by atoms with E-state index in [9.17, 15) is 0 Å². The van der Waals surface area contributed by atoms with Gasteiger partial charge in [0.25, 0.3) is 0 Å². The highest BCUT2D eigenvalue weighted by Crippen LogP contribution is 2.38. The van der Waals surface area contributed by atoms with E-state index < -0.39 is 0 Å². The summed E-state index contributed by atoms with van der Waals surface area (Å²) in [7, 11) is 0. The Balaban J connectivity index is 2.21. The number of fused-ring (bicyclic) bond motifs is 1. The van der Waals surface area contributed by atoms with E-state index in [0.717, 1.165) is 29.4 Å². The van der Waals surface area contributed by atoms with E-state index in [1.165, 1.54) is 0 Å². The van der Waals surface area contributed by atoms with E-state index >= 15 is 0 Å². The highest BCUT2D eigenvalue weighted by molar-refractivity contribution is 5.51. The first-order valence-electron chi connectivity index (χ1n) is 5.99. The average Bonchev–Trinajstić information content (AvgIpc) is 2.73. The standard InChI is InChI=1S/C13H19NO3/c1-4-15-11-6-13-12(16-8-17-13)5-10(11)7-14-9(2)3/h5-6,9,14H,4,7-8H2,1-3H3. The molecule has 0 spiro atoms. The van der Waals surface area contributed by atoms with Crippen molar-refractivity contribution in [2.24, 2.45) is 0 Å². The van der Waals surface area contributed by atoms with Crippen molar-refractivity contribution in [3.05, 3.63) is 17.7 Å². The summed E-state index contributed by atoms with van der Waals surface area (Å²) in [6, 6.07) is 4.33. The lowest BCUT2D eigenvalue weighted by Crippen LogP contribution is -2.22. The lowest BCUT2D eigenvalue weighted by Gasteiger charge is -2.13. The van der Waals surface area contributed by atoms with Gasteiger partial charge in [-0.1, -0.05) is 13.8 Å². The predicted molar refractivity (Wildman–Crippen MR) is 65.7 cm³/mol. The van der Waals surface area contributed by atoms with Gasteiger partial charge in [-0.3, -0.25) is 0 Å². The van der Waals surface area contributed by atoms with E-state index in [-0.39, 0.29) is 0 Å². The second-order valence-corrected chi connectivity index (χ2v) is 4.28. The molecule has 1 aliphatic rings. The van der Waals surface area contributed by atoms with Crippen molar-refractivity contribution in [1.29, 1.82) is 0 Å². The molecule has 2 rings (SSSR count). The normalized spacial score (nSPS) is 13.2. The van der Waals surface area contributed by atoms with Crippen LogP contribution in [0.15, 0.2) is 12.1 Å². The summed E-state index contributed by atoms with van der Waals surface area (Å²) in [5, 5.41) is 3.38. The van der Waals surface area contributed by atoms with Gasteiger partial charge >= 0.3 is 0 Å². The molecule has 0 aromatic heterocycles. The minimum absolute atomic E-state index is 0.294. The Morgan fingerprint density at radius 3 is 2.65 bits per heavy atom. The van der Waals surface area contributed by atoms with Crippen LogP contribution < -0.4 is 19.5 Å². The van der Waals surface area contributed by atoms with Crippen LogP contribution in [0.3, 0.4) is 0 Å². The Bertz CT molecular complexity index is 390. The van der Waals surface area contributed by atoms with E-state index in [1.54, 1.807) is 0 Å². The third kappa shape index (κ3) is 2.82. The smallest absolute Gasteiger partial charge is 0.231 e. The summed E-state index contributed by atoms with van der Waals surface area (Å²) in [4.78, 5) is 0. The van der Waals surface area contributed by atoms with Crippen molar-refractivity contribution in [2.75, 3.05) is 13.4 Å². The molecule has 0 radical (unpaired) electrons. The molecule has 1 aromatic rings. The summed E-state index contributed by atoms with van der Waals surface area (Å²) in [5.74, 6) is 2.43. The molecule has 4 heteroatoms. The van der Waals surface area contributed by atoms with Crippen molar-refractivity contribution in [1.82, 2.24) is 5.32 Å². The average molecular weight is 237 g/mol. The fraction of sp³-hybridized carbons (Fsp3) is 0.538. The van der Waals surface area contributed by atoms with E-state index in [0.29, 0.717) is 19.4 Å². The van der Waals surface area contributed by atoms with Crippen molar-refractivity contribution in [2.45, 2.75) is 33.4 Å². The fourth-order valence-corrected chi connectivity index (χ4v) is 1.71. The Morgan fingerprint density at radius 1 is 1.29 bits per heavy atom. The molecule has 0 saturated heterocycles. The molecule has 0 amide bonds. The molecule has 1 heterocycles. The number of hydrogen-bond acceptors (Lipinski definition) is 4. The highest BCUT2D eigenvalue weighted by atomic mass is 16.7. The van der Waals surface area contributed by atoms with Gasteiger partial charge in [0.2, 0.25) is 6.79 Å². The summed E-state index contributed by atoms with van der Waals surface area (Å²) in [6.07, 6.45) is 0. The van der Waals surface area contributed by atoms with E-state index in [4.69, 9.17) is 14.2 Å². The first kappa shape index (κ1) is 12.0. The zero-order valence-corrected chi connectivity index (χ0v) is 10.6. The molecule has 1 aromatic carbocycles. The molecule has 4 nitrogen and oxygen atoms in total. The third-order valence-corrected chi connectivity index (χ3v) is 2.56. The van der Waals surface area contributed by atoms with Gasteiger partial charge in [0.05, 0.1) is 6.61 Å². The fourth-order valence-electron chi connectivity index (χ4n) is 1.71. The van der Waals surface area contributed by atoms with Crippen LogP contribution in [0.2, 0.25) is 0 Å². The van der Waals surface area contributed by atoms with Gasteiger partial charge in [0.1, 0.15) is 5.75 Å². The van der Waals surface area contributed by atoms with Gasteiger partial charge in [-0.15, -0.1) is 0 Å². The number of rotatable bonds is 5. The topological polar surface area (TPSA) is 39.7 Å². The number of nitrogens with one attached hydrogen (secondary N) is 1. The molecule has 0 bridgehead atoms. The number of ether oxygens (including phenoxy) is 3. The zero-order chi connectivity index (χ0) is 12.3. The van der Waals surface area contributed by atoms with Gasteiger partial charge in [0, 0.05) is 24.2 Å². The SMILES string of the molecule is CCOc1cc2c(cc1CNC(C)C)OCO2. The van der Waals surface area contributed by atoms with Crippen LogP contribution in [-0.4, -0.2) is 19.4 Å². The van der Waals surface area contributed by atoms with Crippen LogP contribution in [0.4, 0.5) is 0 Å². The number of hydrogen-bond donors (Lipinski definition) is 1. The Kier molecular flexibility index (Phi) is 3.74. The molecule has 17 heavy (non-hydrogen) atoms. The summed E-state index contributed by atoms with van der Waals surface area (Å²) in [6.45, 7) is 7.92. The lowest BCUT2D eigenvalue weighted by molar-refractivity contribution is 0.173. The Morgan fingerprint density at radius 2 is 2.00 bits per heavy atom. The van der Waals surface area contributed by atoms with Gasteiger partial charge in [-0.25, -0.2) is 0 Å². The molecule has 0 saturated carbocycles. The first-order valence-corrected chi connectivity index (χ1v) is 5.99. The van der Waals surface area contributed by atoms with Gasteiger partial charge in [-0.05, 0) is 13.0 Å². The monoisotopic (exact) mass is 237 g/mol. The summed E-state index contributed by atoms with van der Waals surface area (Å²) >= 11 is 0. The molecule has 0 atom stereocenters. The maximum Gasteiger partial charge on any atom is 0.231 e. The van der Waals surface area contributed by atoms with Gasteiger partial charge in [-0.2, -0.15) is 0 Å². The van der Waals surface area contributed by atoms with Crippen LogP contribution >= 0.6 is 0 Å². The quantitative estimate of drug-likeness (QED) is 0.853. The van der Waals surface area contributed by atoms with Crippen LogP contribution in [0.1, 0.15) is 26.3 Å². The Hall–Kier alpha value is -1.42. The largest absolute Gasteiger partial charge is 0.493 e. The van der Waals surface area contributed by atoms with E-state index in [2.05, 4.69) is 19.2 Å². The van der Waals surface area contributed by atoms with Crippen molar-refractivity contribution in [3.63, 3.8) is 0 Å².